The zero-order chi connectivity index (χ0) is 101. The molecule has 0 bridgehead atoms. The Morgan fingerprint density at radius 2 is 0.676 bits per heavy atom. The van der Waals surface area contributed by atoms with Gasteiger partial charge >= 0.3 is 0 Å². The SMILES string of the molecule is COc1c(C)cc(SC)nc1Cl.CSc1cc(C)c(-c2nc3ccccc3s2)c(Cl)n1.CSc1cc(C)c(-c2nc3ccccc3s2)c(N[C@@H]2C[C@H](CO)[C@@H](O)[C@H]2O)n1.CSc1cc(C)c(-c2nc3ccccc3s2)c(N[C@@H]2C[C@H](CO)[C@@H](O)[C@H]2O)n1.Cc1cc(NCC2CC2)nc(N[C@@H]2C[C@H](CO)[C@@H](O)[C@H]2O)c1-c1nc2ccccc2s1.O.[C-]#[N+]c1c(C)cc(Cl)nc1Cl.[C-]#[N+]c1c(C)cc(SC)nc1Cl. The van der Waals surface area contributed by atoms with E-state index in [0.717, 1.165) is 161 Å². The van der Waals surface area contributed by atoms with Crippen molar-refractivity contribution in [2.24, 2.45) is 23.7 Å². The van der Waals surface area contributed by atoms with Crippen LogP contribution in [0.2, 0.25) is 25.8 Å². The largest absolute Gasteiger partial charge is 0.493 e. The minimum absolute atomic E-state index is 0. The van der Waals surface area contributed by atoms with Crippen molar-refractivity contribution in [3.8, 4) is 48.0 Å². The highest BCUT2D eigenvalue weighted by molar-refractivity contribution is 7.99. The van der Waals surface area contributed by atoms with Crippen molar-refractivity contribution in [3.05, 3.63) is 227 Å². The first kappa shape index (κ1) is 112. The van der Waals surface area contributed by atoms with Crippen LogP contribution in [-0.4, -0.2) is 226 Å². The molecule has 11 aromatic heterocycles. The summed E-state index contributed by atoms with van der Waals surface area (Å²) in [6.45, 7) is 27.8. The van der Waals surface area contributed by atoms with E-state index in [0.29, 0.717) is 74.5 Å². The van der Waals surface area contributed by atoms with Crippen LogP contribution in [0.5, 0.6) is 5.75 Å². The van der Waals surface area contributed by atoms with Crippen LogP contribution in [-0.2, 0) is 0 Å². The number of aryl methyl sites for hydroxylation is 7. The van der Waals surface area contributed by atoms with Gasteiger partial charge in [0.25, 0.3) is 0 Å². The third kappa shape index (κ3) is 27.4. The number of hydrogen-bond donors (Lipinski definition) is 13. The standard InChI is InChI=1S/C23H28N4O3S.2C20H23N3O3S2.C14H11ClN2S2.C8H7ClN2S.C8H10ClNOS.C7H4Cl2N2.H2O/c1-12-8-18(24-10-13-6-7-13)27-22(25-16-9-14(11-28)20(29)21(16)30)19(12)23-26-15-4-2-3-5-17(15)31-23;2*1-10-7-15(27-2)23-19(21-13-8-11(9-24)17(25)18(13)26)16(10)20-22-12-5-3-4-6-14(12)28-20;1-8-7-11(18-2)17-13(15)12(8)14-16-9-5-3-4-6-10(9)19-14;1-5-4-6(12-3)11-8(9)7(5)10-2;1-5-4-6(12-3)10-8(9)7(5)11-2;1-4-3-5(8)11-7(9)6(4)10-2;/h2-5,8,13-14,16,20-21,28-30H,6-7,9-11H2,1H3,(H2,24,25,27);2*3-7,11,13,17-18,24-26H,8-9H2,1-2H3,(H,21,23);3-7H,1-2H3;4H,1,3H3;4H,1-3H3;3H,1H3;1H2/t14-,16-,20-,21+;2*11-,13-,17-,18+;;;;;/m111...../s1. The molecule has 0 spiro atoms. The first-order valence-electron chi connectivity index (χ1n) is 44.5. The molecule has 142 heavy (non-hydrogen) atoms. The molecular formula is C100H108Cl5N17O11S9. The Balaban J connectivity index is 0.000000153. The summed E-state index contributed by atoms with van der Waals surface area (Å²) < 4.78 is 9.56. The molecule has 0 aliphatic heterocycles. The molecule has 15 aromatic rings. The van der Waals surface area contributed by atoms with Gasteiger partial charge in [-0.15, -0.1) is 104 Å². The Kier molecular flexibility index (Phi) is 41.1. The van der Waals surface area contributed by atoms with Crippen molar-refractivity contribution in [1.82, 2.24) is 54.8 Å². The van der Waals surface area contributed by atoms with Gasteiger partial charge in [-0.1, -0.05) is 107 Å². The molecule has 748 valence electrons. The molecule has 15 N–H and O–H groups in total. The van der Waals surface area contributed by atoms with Crippen LogP contribution < -0.4 is 26.0 Å². The zero-order valence-electron chi connectivity index (χ0n) is 79.5. The van der Waals surface area contributed by atoms with E-state index in [2.05, 4.69) is 81.0 Å². The van der Waals surface area contributed by atoms with Crippen molar-refractivity contribution >= 4 is 238 Å². The number of thioether (sulfide) groups is 5. The highest BCUT2D eigenvalue weighted by Gasteiger charge is 2.45. The minimum Gasteiger partial charge on any atom is -0.493 e. The second-order valence-corrected chi connectivity index (χ2v) is 43.7. The first-order chi connectivity index (χ1) is 67.8. The summed E-state index contributed by atoms with van der Waals surface area (Å²) in [5, 5.41) is 114. The third-order valence-electron chi connectivity index (χ3n) is 23.9. The Bertz CT molecular complexity index is 6620. The number of benzene rings is 4. The van der Waals surface area contributed by atoms with Gasteiger partial charge < -0.3 is 77.4 Å². The normalized spacial score (nSPS) is 19.2. The number of aromatic nitrogens is 11. The molecule has 4 saturated carbocycles. The van der Waals surface area contributed by atoms with E-state index < -0.39 is 42.7 Å². The Labute approximate surface area is 885 Å². The average Bonchev–Trinajstić information content (AvgIpc) is 1.62. The van der Waals surface area contributed by atoms with Crippen molar-refractivity contribution in [2.45, 2.75) is 160 Å². The molecule has 4 aromatic carbocycles. The summed E-state index contributed by atoms with van der Waals surface area (Å²) in [5.74, 6) is 3.09. The van der Waals surface area contributed by atoms with Crippen molar-refractivity contribution in [1.29, 1.82) is 0 Å². The summed E-state index contributed by atoms with van der Waals surface area (Å²) in [6, 6.07) is 44.6. The summed E-state index contributed by atoms with van der Waals surface area (Å²) in [6.07, 6.45) is 8.04. The van der Waals surface area contributed by atoms with Crippen LogP contribution in [0.15, 0.2) is 165 Å². The number of hydrogen-bond acceptors (Lipinski definition) is 34. The van der Waals surface area contributed by atoms with Gasteiger partial charge in [-0.2, -0.15) is 0 Å². The van der Waals surface area contributed by atoms with Gasteiger partial charge in [0.1, 0.15) is 82.2 Å². The van der Waals surface area contributed by atoms with Gasteiger partial charge in [0.15, 0.2) is 10.9 Å². The Morgan fingerprint density at radius 1 is 0.373 bits per heavy atom. The number of aliphatic hydroxyl groups excluding tert-OH is 9. The molecule has 4 aliphatic rings. The van der Waals surface area contributed by atoms with E-state index in [4.69, 9.17) is 106 Å². The van der Waals surface area contributed by atoms with Crippen molar-refractivity contribution < 1.29 is 56.2 Å². The molecule has 11 heterocycles. The number of anilines is 4. The summed E-state index contributed by atoms with van der Waals surface area (Å²) in [5.41, 5.74) is 15.2. The topological polar surface area (TPSA) is 421 Å². The quantitative estimate of drug-likeness (QED) is 0.0170. The van der Waals surface area contributed by atoms with E-state index in [1.165, 1.54) is 29.3 Å². The summed E-state index contributed by atoms with van der Waals surface area (Å²) in [7, 11) is 1.59. The molecule has 12 atom stereocenters. The molecule has 0 saturated heterocycles. The van der Waals surface area contributed by atoms with Crippen LogP contribution in [0.4, 0.5) is 34.6 Å². The highest BCUT2D eigenvalue weighted by Crippen LogP contribution is 2.46. The smallest absolute Gasteiger partial charge is 0.226 e. The number of fused-ring (bicyclic) bond motifs is 4. The number of rotatable bonds is 22. The number of nitrogens with one attached hydrogen (secondary N) is 4. The van der Waals surface area contributed by atoms with Gasteiger partial charge in [-0.05, 0) is 248 Å². The van der Waals surface area contributed by atoms with Gasteiger partial charge in [0.05, 0.1) is 145 Å². The summed E-state index contributed by atoms with van der Waals surface area (Å²) >= 11 is 43.4. The first-order valence-corrected chi connectivity index (χ1v) is 55.8. The maximum Gasteiger partial charge on any atom is 0.226 e. The Morgan fingerprint density at radius 3 is 0.986 bits per heavy atom. The predicted molar refractivity (Wildman–Crippen MR) is 589 cm³/mol. The number of pyridine rings is 7. The molecule has 4 fully saturated rings. The number of ether oxygens (including phenoxy) is 1. The van der Waals surface area contributed by atoms with Crippen molar-refractivity contribution in [3.63, 3.8) is 0 Å². The third-order valence-corrected chi connectivity index (χ3v) is 32.5. The van der Waals surface area contributed by atoms with Crippen LogP contribution in [0.25, 0.3) is 92.8 Å². The minimum atomic E-state index is -0.967. The Hall–Kier alpha value is -8.73. The van der Waals surface area contributed by atoms with E-state index in [9.17, 15) is 46.0 Å². The zero-order valence-corrected chi connectivity index (χ0v) is 90.6. The molecule has 0 amide bonds. The lowest BCUT2D eigenvalue weighted by atomic mass is 10.1. The fourth-order valence-corrected chi connectivity index (χ4v) is 24.6. The van der Waals surface area contributed by atoms with E-state index in [1.54, 1.807) is 112 Å². The lowest BCUT2D eigenvalue weighted by Crippen LogP contribution is -2.35. The number of nitrogens with zero attached hydrogens (tertiary/aromatic N) is 13. The summed E-state index contributed by atoms with van der Waals surface area (Å²) in [4.78, 5) is 56.1. The number of thiazole rings is 4. The monoisotopic (exact) mass is 2190 g/mol. The average molecular weight is 2190 g/mol. The number of para-hydroxylation sites is 4. The van der Waals surface area contributed by atoms with Crippen LogP contribution >= 0.6 is 162 Å². The van der Waals surface area contributed by atoms with Gasteiger partial charge in [0.2, 0.25) is 11.4 Å². The molecule has 28 nitrogen and oxygen atoms in total. The van der Waals surface area contributed by atoms with E-state index in [1.807, 2.05) is 181 Å². The van der Waals surface area contributed by atoms with Crippen LogP contribution in [0.1, 0.15) is 71.0 Å². The second kappa shape index (κ2) is 52.0. The van der Waals surface area contributed by atoms with Crippen LogP contribution in [0.3, 0.4) is 0 Å². The van der Waals surface area contributed by atoms with E-state index >= 15 is 0 Å². The molecule has 0 radical (unpaired) electrons. The number of halogens is 5. The van der Waals surface area contributed by atoms with Gasteiger partial charge in [-0.3, -0.25) is 0 Å². The molecule has 0 unspecified atom stereocenters. The predicted octanol–water partition coefficient (Wildman–Crippen LogP) is 22.4. The van der Waals surface area contributed by atoms with Gasteiger partial charge in [0, 0.05) is 44.1 Å². The fraction of sp³-hybridized carbons (Fsp3) is 0.350. The van der Waals surface area contributed by atoms with Crippen molar-refractivity contribution in [2.75, 3.05) is 86.0 Å². The second-order valence-electron chi connectivity index (χ2n) is 33.7. The maximum atomic E-state index is 10.5. The molecule has 19 rings (SSSR count). The highest BCUT2D eigenvalue weighted by atomic mass is 35.5. The number of methoxy groups -OCH3 is 1. The number of aliphatic hydroxyl groups is 9. The molecular weight excluding hydrogens is 2080 g/mol. The lowest BCUT2D eigenvalue weighted by Gasteiger charge is -2.21. The molecule has 4 aliphatic carbocycles. The molecule has 42 heteroatoms. The van der Waals surface area contributed by atoms with Gasteiger partial charge in [-0.25, -0.2) is 64.5 Å². The fourth-order valence-electron chi connectivity index (χ4n) is 16.2. The maximum absolute atomic E-state index is 10.5. The van der Waals surface area contributed by atoms with E-state index in [-0.39, 0.29) is 60.3 Å². The lowest BCUT2D eigenvalue weighted by molar-refractivity contribution is 0.00442. The van der Waals surface area contributed by atoms with Crippen LogP contribution in [0, 0.1) is 85.3 Å².